The molecular formula is C18H30N4O. The van der Waals surface area contributed by atoms with Gasteiger partial charge < -0.3 is 20.3 Å². The van der Waals surface area contributed by atoms with Gasteiger partial charge in [0.1, 0.15) is 12.4 Å². The fourth-order valence-corrected chi connectivity index (χ4v) is 2.53. The van der Waals surface area contributed by atoms with Gasteiger partial charge in [0.2, 0.25) is 0 Å². The maximum absolute atomic E-state index is 6.06. The number of hydrogen-bond acceptors (Lipinski definition) is 3. The van der Waals surface area contributed by atoms with Gasteiger partial charge in [-0.3, -0.25) is 0 Å². The molecule has 2 rings (SSSR count). The van der Waals surface area contributed by atoms with E-state index in [0.717, 1.165) is 30.9 Å². The van der Waals surface area contributed by atoms with Crippen LogP contribution in [-0.2, 0) is 6.54 Å². The van der Waals surface area contributed by atoms with Crippen molar-refractivity contribution in [3.05, 3.63) is 29.8 Å². The molecule has 128 valence electrons. The van der Waals surface area contributed by atoms with E-state index in [2.05, 4.69) is 34.7 Å². The number of nitrogens with zero attached hydrogens (tertiary/aromatic N) is 3. The standard InChI is InChI=1S/C18H30N4O/c1-4-22(5-2)12-13-23-17-9-7-6-8-15(17)14-20-18(19)21(3)16-10-11-16/h6-9,16H,4-5,10-14H2,1-3H3,(H2,19,20). The minimum absolute atomic E-state index is 0.560. The summed E-state index contributed by atoms with van der Waals surface area (Å²) in [5, 5.41) is 0. The number of benzene rings is 1. The van der Waals surface area contributed by atoms with E-state index in [0.29, 0.717) is 25.2 Å². The number of likely N-dealkylation sites (N-methyl/N-ethyl adjacent to an activating group) is 1. The molecule has 0 aliphatic heterocycles. The highest BCUT2D eigenvalue weighted by Crippen LogP contribution is 2.25. The van der Waals surface area contributed by atoms with Gasteiger partial charge in [-0.2, -0.15) is 0 Å². The van der Waals surface area contributed by atoms with Crippen molar-refractivity contribution in [1.29, 1.82) is 0 Å². The number of nitrogens with two attached hydrogens (primary N) is 1. The molecule has 0 spiro atoms. The lowest BCUT2D eigenvalue weighted by Crippen LogP contribution is -2.35. The third-order valence-electron chi connectivity index (χ3n) is 4.40. The highest BCUT2D eigenvalue weighted by atomic mass is 16.5. The van der Waals surface area contributed by atoms with Crippen molar-refractivity contribution < 1.29 is 4.74 Å². The van der Waals surface area contributed by atoms with Crippen molar-refractivity contribution in [2.45, 2.75) is 39.3 Å². The van der Waals surface area contributed by atoms with Gasteiger partial charge >= 0.3 is 0 Å². The number of rotatable bonds is 9. The molecule has 5 nitrogen and oxygen atoms in total. The maximum atomic E-state index is 6.06. The predicted molar refractivity (Wildman–Crippen MR) is 95.8 cm³/mol. The molecule has 0 saturated heterocycles. The molecule has 5 heteroatoms. The van der Waals surface area contributed by atoms with E-state index in [4.69, 9.17) is 10.5 Å². The van der Waals surface area contributed by atoms with Crippen LogP contribution in [0.25, 0.3) is 0 Å². The Bertz CT molecular complexity index is 509. The van der Waals surface area contributed by atoms with Crippen LogP contribution in [0, 0.1) is 0 Å². The van der Waals surface area contributed by atoms with E-state index in [1.54, 1.807) is 0 Å². The molecule has 0 unspecified atom stereocenters. The van der Waals surface area contributed by atoms with Crippen LogP contribution in [0.1, 0.15) is 32.3 Å². The zero-order valence-electron chi connectivity index (χ0n) is 14.7. The molecule has 2 N–H and O–H groups in total. The highest BCUT2D eigenvalue weighted by molar-refractivity contribution is 5.78. The van der Waals surface area contributed by atoms with Crippen molar-refractivity contribution in [2.75, 3.05) is 33.3 Å². The Balaban J connectivity index is 1.90. The summed E-state index contributed by atoms with van der Waals surface area (Å²) in [5.41, 5.74) is 7.14. The summed E-state index contributed by atoms with van der Waals surface area (Å²) in [4.78, 5) is 8.95. The average molecular weight is 318 g/mol. The lowest BCUT2D eigenvalue weighted by molar-refractivity contribution is 0.221. The van der Waals surface area contributed by atoms with Crippen molar-refractivity contribution >= 4 is 5.96 Å². The minimum atomic E-state index is 0.560. The Labute approximate surface area is 140 Å². The number of ether oxygens (including phenoxy) is 1. The second-order valence-corrected chi connectivity index (χ2v) is 6.00. The molecule has 0 bridgehead atoms. The second kappa shape index (κ2) is 8.77. The SMILES string of the molecule is CCN(CC)CCOc1ccccc1CN=C(N)N(C)C1CC1. The summed E-state index contributed by atoms with van der Waals surface area (Å²) in [7, 11) is 2.02. The summed E-state index contributed by atoms with van der Waals surface area (Å²) >= 11 is 0. The van der Waals surface area contributed by atoms with Gasteiger partial charge in [0.15, 0.2) is 5.96 Å². The average Bonchev–Trinajstić information content (AvgIpc) is 3.41. The van der Waals surface area contributed by atoms with E-state index in [9.17, 15) is 0 Å². The van der Waals surface area contributed by atoms with Crippen LogP contribution < -0.4 is 10.5 Å². The lowest BCUT2D eigenvalue weighted by atomic mass is 10.2. The van der Waals surface area contributed by atoms with E-state index < -0.39 is 0 Å². The molecule has 1 aliphatic rings. The second-order valence-electron chi connectivity index (χ2n) is 6.00. The Morgan fingerprint density at radius 2 is 1.96 bits per heavy atom. The van der Waals surface area contributed by atoms with Crippen molar-refractivity contribution in [1.82, 2.24) is 9.80 Å². The molecule has 0 aromatic heterocycles. The molecule has 0 radical (unpaired) electrons. The van der Waals surface area contributed by atoms with Gasteiger partial charge in [-0.25, -0.2) is 4.99 Å². The van der Waals surface area contributed by atoms with Crippen LogP contribution in [-0.4, -0.2) is 55.1 Å². The fraction of sp³-hybridized carbons (Fsp3) is 0.611. The zero-order valence-corrected chi connectivity index (χ0v) is 14.7. The Hall–Kier alpha value is -1.75. The number of hydrogen-bond donors (Lipinski definition) is 1. The summed E-state index contributed by atoms with van der Waals surface area (Å²) in [6.45, 7) is 8.64. The monoisotopic (exact) mass is 318 g/mol. The van der Waals surface area contributed by atoms with Crippen molar-refractivity contribution in [2.24, 2.45) is 10.7 Å². The maximum Gasteiger partial charge on any atom is 0.191 e. The number of guanidine groups is 1. The van der Waals surface area contributed by atoms with Crippen molar-refractivity contribution in [3.63, 3.8) is 0 Å². The molecule has 1 aliphatic carbocycles. The van der Waals surface area contributed by atoms with Gasteiger partial charge in [-0.1, -0.05) is 32.0 Å². The Kier molecular flexibility index (Phi) is 6.71. The smallest absolute Gasteiger partial charge is 0.191 e. The molecular weight excluding hydrogens is 288 g/mol. The van der Waals surface area contributed by atoms with Gasteiger partial charge in [-0.15, -0.1) is 0 Å². The van der Waals surface area contributed by atoms with E-state index in [1.807, 2.05) is 25.2 Å². The third kappa shape index (κ3) is 5.43. The van der Waals surface area contributed by atoms with Crippen LogP contribution in [0.2, 0.25) is 0 Å². The first-order chi connectivity index (χ1) is 11.2. The number of para-hydroxylation sites is 1. The first-order valence-corrected chi connectivity index (χ1v) is 8.61. The lowest BCUT2D eigenvalue weighted by Gasteiger charge is -2.19. The fourth-order valence-electron chi connectivity index (χ4n) is 2.53. The van der Waals surface area contributed by atoms with Crippen LogP contribution in [0.3, 0.4) is 0 Å². The first-order valence-electron chi connectivity index (χ1n) is 8.61. The highest BCUT2D eigenvalue weighted by Gasteiger charge is 2.27. The van der Waals surface area contributed by atoms with Gasteiger partial charge in [0.25, 0.3) is 0 Å². The van der Waals surface area contributed by atoms with Gasteiger partial charge in [0, 0.05) is 25.2 Å². The first kappa shape index (κ1) is 17.6. The third-order valence-corrected chi connectivity index (χ3v) is 4.40. The molecule has 23 heavy (non-hydrogen) atoms. The summed E-state index contributed by atoms with van der Waals surface area (Å²) in [6.07, 6.45) is 2.44. The van der Waals surface area contributed by atoms with Crippen LogP contribution in [0.15, 0.2) is 29.3 Å². The summed E-state index contributed by atoms with van der Waals surface area (Å²) in [5.74, 6) is 1.52. The molecule has 0 amide bonds. The summed E-state index contributed by atoms with van der Waals surface area (Å²) in [6, 6.07) is 8.66. The Morgan fingerprint density at radius 1 is 1.26 bits per heavy atom. The topological polar surface area (TPSA) is 54.1 Å². The van der Waals surface area contributed by atoms with E-state index in [1.165, 1.54) is 12.8 Å². The normalized spacial score (nSPS) is 15.0. The molecule has 1 aromatic rings. The van der Waals surface area contributed by atoms with Crippen molar-refractivity contribution in [3.8, 4) is 5.75 Å². The predicted octanol–water partition coefficient (Wildman–Crippen LogP) is 2.32. The Morgan fingerprint density at radius 3 is 2.61 bits per heavy atom. The summed E-state index contributed by atoms with van der Waals surface area (Å²) < 4.78 is 5.96. The number of aliphatic imine (C=N–C) groups is 1. The zero-order chi connectivity index (χ0) is 16.7. The molecule has 1 aromatic carbocycles. The van der Waals surface area contributed by atoms with Crippen LogP contribution in [0.4, 0.5) is 0 Å². The van der Waals surface area contributed by atoms with Gasteiger partial charge in [0.05, 0.1) is 6.54 Å². The largest absolute Gasteiger partial charge is 0.492 e. The van der Waals surface area contributed by atoms with Crippen LogP contribution >= 0.6 is 0 Å². The quantitative estimate of drug-likeness (QED) is 0.561. The van der Waals surface area contributed by atoms with Crippen LogP contribution in [0.5, 0.6) is 5.75 Å². The molecule has 1 fully saturated rings. The minimum Gasteiger partial charge on any atom is -0.492 e. The molecule has 0 heterocycles. The van der Waals surface area contributed by atoms with E-state index >= 15 is 0 Å². The van der Waals surface area contributed by atoms with Gasteiger partial charge in [-0.05, 0) is 32.0 Å². The molecule has 0 atom stereocenters. The van der Waals surface area contributed by atoms with E-state index in [-0.39, 0.29) is 0 Å². The molecule has 1 saturated carbocycles.